The van der Waals surface area contributed by atoms with Gasteiger partial charge in [0, 0.05) is 19.2 Å². The number of rotatable bonds is 5. The molecule has 0 aromatic carbocycles. The molecule has 1 aromatic heterocycles. The Labute approximate surface area is 101 Å². The van der Waals surface area contributed by atoms with Crippen LogP contribution < -0.4 is 5.32 Å². The number of halogens is 4. The Hall–Kier alpha value is -1.66. The SMILES string of the molecule is O=C(NCCCCC(F)(F)F)c1ccc(F)nc1. The minimum atomic E-state index is -4.16. The van der Waals surface area contributed by atoms with Crippen molar-refractivity contribution in [3.63, 3.8) is 0 Å². The van der Waals surface area contributed by atoms with Gasteiger partial charge in [0.25, 0.3) is 5.91 Å². The zero-order valence-electron chi connectivity index (χ0n) is 9.43. The third-order valence-corrected chi connectivity index (χ3v) is 2.16. The van der Waals surface area contributed by atoms with Crippen LogP contribution in [0.3, 0.4) is 0 Å². The van der Waals surface area contributed by atoms with Gasteiger partial charge in [-0.05, 0) is 25.0 Å². The summed E-state index contributed by atoms with van der Waals surface area (Å²) in [6, 6.07) is 2.30. The highest BCUT2D eigenvalue weighted by Crippen LogP contribution is 2.21. The molecular weight excluding hydrogens is 252 g/mol. The van der Waals surface area contributed by atoms with Gasteiger partial charge in [-0.25, -0.2) is 4.98 Å². The van der Waals surface area contributed by atoms with Crippen molar-refractivity contribution in [3.05, 3.63) is 29.8 Å². The molecule has 1 amide bonds. The van der Waals surface area contributed by atoms with Gasteiger partial charge in [0.05, 0.1) is 5.56 Å². The Kier molecular flexibility index (Phi) is 5.06. The number of amides is 1. The second kappa shape index (κ2) is 6.32. The molecule has 0 spiro atoms. The molecule has 0 saturated carbocycles. The number of nitrogens with one attached hydrogen (secondary N) is 1. The summed E-state index contributed by atoms with van der Waals surface area (Å²) >= 11 is 0. The molecule has 0 unspecified atom stereocenters. The maximum absolute atomic E-state index is 12.5. The van der Waals surface area contributed by atoms with Crippen LogP contribution in [0.5, 0.6) is 0 Å². The van der Waals surface area contributed by atoms with Gasteiger partial charge in [-0.1, -0.05) is 0 Å². The van der Waals surface area contributed by atoms with Crippen molar-refractivity contribution in [2.24, 2.45) is 0 Å². The van der Waals surface area contributed by atoms with E-state index in [-0.39, 0.29) is 24.9 Å². The fraction of sp³-hybridized carbons (Fsp3) is 0.455. The first-order valence-electron chi connectivity index (χ1n) is 5.35. The molecule has 18 heavy (non-hydrogen) atoms. The van der Waals surface area contributed by atoms with E-state index in [1.165, 1.54) is 6.07 Å². The number of unbranched alkanes of at least 4 members (excludes halogenated alkanes) is 1. The Morgan fingerprint density at radius 2 is 2.00 bits per heavy atom. The van der Waals surface area contributed by atoms with Crippen LogP contribution in [0, 0.1) is 5.95 Å². The third-order valence-electron chi connectivity index (χ3n) is 2.16. The predicted molar refractivity (Wildman–Crippen MR) is 56.4 cm³/mol. The second-order valence-corrected chi connectivity index (χ2v) is 3.70. The summed E-state index contributed by atoms with van der Waals surface area (Å²) in [4.78, 5) is 14.7. The molecule has 0 aliphatic carbocycles. The quantitative estimate of drug-likeness (QED) is 0.504. The normalized spacial score (nSPS) is 11.3. The minimum Gasteiger partial charge on any atom is -0.352 e. The second-order valence-electron chi connectivity index (χ2n) is 3.70. The van der Waals surface area contributed by atoms with Gasteiger partial charge >= 0.3 is 6.18 Å². The maximum Gasteiger partial charge on any atom is 0.389 e. The summed E-state index contributed by atoms with van der Waals surface area (Å²) in [5.41, 5.74) is 0.173. The molecule has 100 valence electrons. The number of carbonyl (C=O) groups excluding carboxylic acids is 1. The number of carbonyl (C=O) groups is 1. The standard InChI is InChI=1S/C11H12F4N2O/c12-9-4-3-8(7-17-9)10(18)16-6-2-1-5-11(13,14)15/h3-4,7H,1-2,5-6H2,(H,16,18). The van der Waals surface area contributed by atoms with Crippen molar-refractivity contribution in [2.75, 3.05) is 6.54 Å². The molecule has 0 radical (unpaired) electrons. The number of alkyl halides is 3. The van der Waals surface area contributed by atoms with Gasteiger partial charge in [-0.15, -0.1) is 0 Å². The predicted octanol–water partition coefficient (Wildman–Crippen LogP) is 2.68. The monoisotopic (exact) mass is 264 g/mol. The van der Waals surface area contributed by atoms with Gasteiger partial charge in [0.1, 0.15) is 0 Å². The average molecular weight is 264 g/mol. The van der Waals surface area contributed by atoms with Crippen LogP contribution in [0.25, 0.3) is 0 Å². The molecule has 0 atom stereocenters. The highest BCUT2D eigenvalue weighted by molar-refractivity contribution is 5.93. The lowest BCUT2D eigenvalue weighted by Crippen LogP contribution is -2.24. The molecule has 0 aliphatic heterocycles. The van der Waals surface area contributed by atoms with Crippen LogP contribution in [0.2, 0.25) is 0 Å². The van der Waals surface area contributed by atoms with Crippen molar-refractivity contribution < 1.29 is 22.4 Å². The molecular formula is C11H12F4N2O. The number of nitrogens with zero attached hydrogens (tertiary/aromatic N) is 1. The number of pyridine rings is 1. The highest BCUT2D eigenvalue weighted by atomic mass is 19.4. The summed E-state index contributed by atoms with van der Waals surface area (Å²) < 4.78 is 47.9. The van der Waals surface area contributed by atoms with Gasteiger partial charge in [0.2, 0.25) is 5.95 Å². The molecule has 0 fully saturated rings. The Morgan fingerprint density at radius 1 is 1.28 bits per heavy atom. The first-order valence-corrected chi connectivity index (χ1v) is 5.35. The fourth-order valence-corrected chi connectivity index (χ4v) is 1.26. The molecule has 0 aliphatic rings. The lowest BCUT2D eigenvalue weighted by atomic mass is 10.2. The summed E-state index contributed by atoms with van der Waals surface area (Å²) in [5, 5.41) is 2.44. The van der Waals surface area contributed by atoms with E-state index in [1.54, 1.807) is 0 Å². The van der Waals surface area contributed by atoms with E-state index in [9.17, 15) is 22.4 Å². The smallest absolute Gasteiger partial charge is 0.352 e. The molecule has 0 bridgehead atoms. The molecule has 7 heteroatoms. The zero-order chi connectivity index (χ0) is 13.6. The number of aromatic nitrogens is 1. The van der Waals surface area contributed by atoms with Crippen LogP contribution in [0.4, 0.5) is 17.6 Å². The molecule has 1 aromatic rings. The first kappa shape index (κ1) is 14.4. The molecule has 1 heterocycles. The van der Waals surface area contributed by atoms with Crippen LogP contribution in [-0.4, -0.2) is 23.6 Å². The first-order chi connectivity index (χ1) is 8.38. The molecule has 1 N–H and O–H groups in total. The average Bonchev–Trinajstić information content (AvgIpc) is 2.27. The number of hydrogen-bond acceptors (Lipinski definition) is 2. The van der Waals surface area contributed by atoms with Crippen LogP contribution in [0.15, 0.2) is 18.3 Å². The van der Waals surface area contributed by atoms with E-state index in [4.69, 9.17) is 0 Å². The van der Waals surface area contributed by atoms with Crippen molar-refractivity contribution >= 4 is 5.91 Å². The Morgan fingerprint density at radius 3 is 2.56 bits per heavy atom. The lowest BCUT2D eigenvalue weighted by molar-refractivity contribution is -0.135. The fourth-order valence-electron chi connectivity index (χ4n) is 1.26. The van der Waals surface area contributed by atoms with Crippen LogP contribution >= 0.6 is 0 Å². The van der Waals surface area contributed by atoms with Crippen molar-refractivity contribution in [1.29, 1.82) is 0 Å². The van der Waals surface area contributed by atoms with E-state index in [0.29, 0.717) is 0 Å². The zero-order valence-corrected chi connectivity index (χ0v) is 9.43. The summed E-state index contributed by atoms with van der Waals surface area (Å²) in [6.07, 6.45) is -3.75. The molecule has 3 nitrogen and oxygen atoms in total. The summed E-state index contributed by atoms with van der Waals surface area (Å²) in [5.74, 6) is -1.17. The van der Waals surface area contributed by atoms with Crippen LogP contribution in [0.1, 0.15) is 29.6 Å². The minimum absolute atomic E-state index is 0.0363. The topological polar surface area (TPSA) is 42.0 Å². The third kappa shape index (κ3) is 5.60. The van der Waals surface area contributed by atoms with Gasteiger partial charge in [-0.3, -0.25) is 4.79 Å². The summed E-state index contributed by atoms with van der Waals surface area (Å²) in [6.45, 7) is 0.145. The van der Waals surface area contributed by atoms with E-state index in [2.05, 4.69) is 10.3 Å². The lowest BCUT2D eigenvalue weighted by Gasteiger charge is -2.07. The Bertz CT molecular complexity index is 389. The van der Waals surface area contributed by atoms with Crippen molar-refractivity contribution in [2.45, 2.75) is 25.4 Å². The maximum atomic E-state index is 12.5. The molecule has 0 saturated heterocycles. The number of hydrogen-bond donors (Lipinski definition) is 1. The van der Waals surface area contributed by atoms with E-state index >= 15 is 0 Å². The highest BCUT2D eigenvalue weighted by Gasteiger charge is 2.25. The van der Waals surface area contributed by atoms with E-state index in [1.807, 2.05) is 0 Å². The van der Waals surface area contributed by atoms with Crippen molar-refractivity contribution in [3.8, 4) is 0 Å². The van der Waals surface area contributed by atoms with E-state index < -0.39 is 24.5 Å². The molecule has 1 rings (SSSR count). The van der Waals surface area contributed by atoms with Crippen LogP contribution in [-0.2, 0) is 0 Å². The van der Waals surface area contributed by atoms with E-state index in [0.717, 1.165) is 12.3 Å². The van der Waals surface area contributed by atoms with Gasteiger partial charge in [0.15, 0.2) is 0 Å². The summed E-state index contributed by atoms with van der Waals surface area (Å²) in [7, 11) is 0. The van der Waals surface area contributed by atoms with Crippen molar-refractivity contribution in [1.82, 2.24) is 10.3 Å². The Balaban J connectivity index is 2.24. The van der Waals surface area contributed by atoms with Gasteiger partial charge < -0.3 is 5.32 Å². The largest absolute Gasteiger partial charge is 0.389 e. The van der Waals surface area contributed by atoms with Gasteiger partial charge in [-0.2, -0.15) is 17.6 Å².